The van der Waals surface area contributed by atoms with Gasteiger partial charge in [-0.1, -0.05) is 81.1 Å². The number of hydrogen-bond donors (Lipinski definition) is 2. The van der Waals surface area contributed by atoms with Crippen molar-refractivity contribution in [1.82, 2.24) is 5.32 Å². The van der Waals surface area contributed by atoms with Crippen molar-refractivity contribution in [2.45, 2.75) is 70.1 Å². The Bertz CT molecular complexity index is 1130. The van der Waals surface area contributed by atoms with Crippen LogP contribution in [0.3, 0.4) is 0 Å². The number of benzene rings is 3. The molecule has 1 unspecified atom stereocenters. The summed E-state index contributed by atoms with van der Waals surface area (Å²) < 4.78 is 0. The first kappa shape index (κ1) is 24.0. The largest absolute Gasteiger partial charge is 0.481 e. The van der Waals surface area contributed by atoms with Gasteiger partial charge < -0.3 is 10.4 Å². The van der Waals surface area contributed by atoms with E-state index in [4.69, 9.17) is 5.11 Å². The summed E-state index contributed by atoms with van der Waals surface area (Å²) in [5, 5.41) is 14.0. The molecule has 34 heavy (non-hydrogen) atoms. The Kier molecular flexibility index (Phi) is 7.99. The molecule has 2 N–H and O–H groups in total. The molecular weight excluding hydrogens is 422 g/mol. The molecule has 1 amide bonds. The van der Waals surface area contributed by atoms with Gasteiger partial charge in [0.05, 0.1) is 6.42 Å². The minimum absolute atomic E-state index is 0.0769. The average Bonchev–Trinajstić information content (AvgIpc) is 2.87. The zero-order chi connectivity index (χ0) is 23.9. The maximum atomic E-state index is 12.3. The monoisotopic (exact) mass is 457 g/mol. The lowest BCUT2D eigenvalue weighted by Crippen LogP contribution is -2.25. The summed E-state index contributed by atoms with van der Waals surface area (Å²) >= 11 is 0. The van der Waals surface area contributed by atoms with Gasteiger partial charge in [-0.3, -0.25) is 9.59 Å². The molecule has 0 aromatic heterocycles. The molecule has 1 fully saturated rings. The van der Waals surface area contributed by atoms with Crippen LogP contribution in [0.25, 0.3) is 10.8 Å². The molecule has 178 valence electrons. The zero-order valence-electron chi connectivity index (χ0n) is 20.1. The minimum atomic E-state index is -0.918. The first-order chi connectivity index (χ1) is 16.5. The lowest BCUT2D eigenvalue weighted by molar-refractivity contribution is -0.136. The van der Waals surface area contributed by atoms with Crippen LogP contribution in [0.2, 0.25) is 0 Å². The van der Waals surface area contributed by atoms with Crippen LogP contribution in [0, 0.1) is 0 Å². The summed E-state index contributed by atoms with van der Waals surface area (Å²) in [4.78, 5) is 22.9. The van der Waals surface area contributed by atoms with Crippen molar-refractivity contribution in [3.8, 4) is 0 Å². The summed E-state index contributed by atoms with van der Waals surface area (Å²) in [5.41, 5.74) is 4.54. The van der Waals surface area contributed by atoms with Crippen molar-refractivity contribution in [3.05, 3.63) is 82.9 Å². The molecule has 3 aromatic rings. The number of amides is 1. The maximum absolute atomic E-state index is 12.3. The van der Waals surface area contributed by atoms with Gasteiger partial charge in [-0.2, -0.15) is 0 Å². The summed E-state index contributed by atoms with van der Waals surface area (Å²) in [6, 6.07) is 21.6. The van der Waals surface area contributed by atoms with Crippen molar-refractivity contribution in [3.63, 3.8) is 0 Å². The molecular formula is C30H35NO3. The summed E-state index contributed by atoms with van der Waals surface area (Å²) in [5.74, 6) is -0.167. The molecule has 1 aliphatic carbocycles. The molecule has 0 spiro atoms. The molecule has 4 rings (SSSR count). The fourth-order valence-electron chi connectivity index (χ4n) is 5.26. The van der Waals surface area contributed by atoms with E-state index in [1.807, 2.05) is 24.3 Å². The number of carbonyl (C=O) groups excluding carboxylic acids is 1. The van der Waals surface area contributed by atoms with Crippen LogP contribution in [0.1, 0.15) is 97.2 Å². The van der Waals surface area contributed by atoms with E-state index in [2.05, 4.69) is 48.6 Å². The Morgan fingerprint density at radius 3 is 2.29 bits per heavy atom. The Morgan fingerprint density at radius 1 is 0.912 bits per heavy atom. The number of fused-ring (bicyclic) bond motifs is 1. The lowest BCUT2D eigenvalue weighted by atomic mass is 9.82. The average molecular weight is 458 g/mol. The van der Waals surface area contributed by atoms with Crippen LogP contribution < -0.4 is 5.32 Å². The Morgan fingerprint density at radius 2 is 1.59 bits per heavy atom. The topological polar surface area (TPSA) is 66.4 Å². The van der Waals surface area contributed by atoms with E-state index >= 15 is 0 Å². The summed E-state index contributed by atoms with van der Waals surface area (Å²) in [7, 11) is 0. The quantitative estimate of drug-likeness (QED) is 0.363. The first-order valence-corrected chi connectivity index (χ1v) is 12.7. The number of carbonyl (C=O) groups is 2. The smallest absolute Gasteiger partial charge is 0.305 e. The van der Waals surface area contributed by atoms with Gasteiger partial charge in [0.15, 0.2) is 0 Å². The fraction of sp³-hybridized carbons (Fsp3) is 0.400. The van der Waals surface area contributed by atoms with Crippen LogP contribution >= 0.6 is 0 Å². The lowest BCUT2D eigenvalue weighted by Gasteiger charge is -2.22. The third kappa shape index (κ3) is 5.85. The van der Waals surface area contributed by atoms with Crippen LogP contribution in [0.5, 0.6) is 0 Å². The third-order valence-electron chi connectivity index (χ3n) is 7.14. The molecule has 0 heterocycles. The number of hydrogen-bond acceptors (Lipinski definition) is 2. The molecule has 4 heteroatoms. The van der Waals surface area contributed by atoms with Crippen molar-refractivity contribution >= 4 is 22.6 Å². The molecule has 1 atom stereocenters. The second-order valence-electron chi connectivity index (χ2n) is 9.56. The highest BCUT2D eigenvalue weighted by Gasteiger charge is 2.18. The van der Waals surface area contributed by atoms with Crippen molar-refractivity contribution in [1.29, 1.82) is 0 Å². The van der Waals surface area contributed by atoms with Gasteiger partial charge in [0.25, 0.3) is 5.91 Å². The van der Waals surface area contributed by atoms with Gasteiger partial charge >= 0.3 is 5.97 Å². The third-order valence-corrected chi connectivity index (χ3v) is 7.14. The van der Waals surface area contributed by atoms with E-state index in [0.29, 0.717) is 11.5 Å². The molecule has 3 aromatic carbocycles. The number of aliphatic carboxylic acids is 1. The zero-order valence-corrected chi connectivity index (χ0v) is 20.1. The van der Waals surface area contributed by atoms with Crippen LogP contribution in [0.15, 0.2) is 60.7 Å². The van der Waals surface area contributed by atoms with E-state index in [0.717, 1.165) is 12.8 Å². The highest BCUT2D eigenvalue weighted by atomic mass is 16.4. The highest BCUT2D eigenvalue weighted by Crippen LogP contribution is 2.36. The molecule has 0 aliphatic heterocycles. The number of nitrogens with one attached hydrogen (secondary N) is 1. The van der Waals surface area contributed by atoms with E-state index < -0.39 is 5.97 Å². The molecule has 1 aliphatic rings. The minimum Gasteiger partial charge on any atom is -0.481 e. The Balaban J connectivity index is 1.52. The SMILES string of the molecule is CCCC(c1ccc(C(=O)NCCC(=O)O)cc1)c1ccc2cc(C3CCCCC3)ccc2c1. The molecule has 0 saturated heterocycles. The van der Waals surface area contributed by atoms with Gasteiger partial charge in [0, 0.05) is 18.0 Å². The molecule has 1 saturated carbocycles. The van der Waals surface area contributed by atoms with Gasteiger partial charge in [-0.25, -0.2) is 0 Å². The number of carboxylic acids is 1. The van der Waals surface area contributed by atoms with E-state index in [-0.39, 0.29) is 24.8 Å². The number of carboxylic acid groups (broad SMARTS) is 1. The second kappa shape index (κ2) is 11.3. The van der Waals surface area contributed by atoms with Crippen LogP contribution in [-0.2, 0) is 4.79 Å². The van der Waals surface area contributed by atoms with E-state index in [1.165, 1.54) is 59.6 Å². The molecule has 0 bridgehead atoms. The summed E-state index contributed by atoms with van der Waals surface area (Å²) in [6.07, 6.45) is 8.74. The Hall–Kier alpha value is -3.14. The fourth-order valence-corrected chi connectivity index (χ4v) is 5.26. The van der Waals surface area contributed by atoms with Crippen LogP contribution in [0.4, 0.5) is 0 Å². The van der Waals surface area contributed by atoms with Crippen molar-refractivity contribution in [2.75, 3.05) is 6.54 Å². The highest BCUT2D eigenvalue weighted by molar-refractivity contribution is 5.94. The van der Waals surface area contributed by atoms with Gasteiger partial charge in [-0.15, -0.1) is 0 Å². The van der Waals surface area contributed by atoms with E-state index in [9.17, 15) is 9.59 Å². The van der Waals surface area contributed by atoms with E-state index in [1.54, 1.807) is 0 Å². The van der Waals surface area contributed by atoms with Crippen molar-refractivity contribution < 1.29 is 14.7 Å². The number of rotatable bonds is 9. The molecule has 0 radical (unpaired) electrons. The van der Waals surface area contributed by atoms with Gasteiger partial charge in [-0.05, 0) is 64.8 Å². The predicted molar refractivity (Wildman–Crippen MR) is 138 cm³/mol. The maximum Gasteiger partial charge on any atom is 0.305 e. The normalized spacial score (nSPS) is 15.2. The van der Waals surface area contributed by atoms with Crippen LogP contribution in [-0.4, -0.2) is 23.5 Å². The van der Waals surface area contributed by atoms with Gasteiger partial charge in [0.2, 0.25) is 0 Å². The first-order valence-electron chi connectivity index (χ1n) is 12.7. The Labute approximate surface area is 202 Å². The predicted octanol–water partition coefficient (Wildman–Crippen LogP) is 7.02. The van der Waals surface area contributed by atoms with Gasteiger partial charge in [0.1, 0.15) is 0 Å². The molecule has 4 nitrogen and oxygen atoms in total. The second-order valence-corrected chi connectivity index (χ2v) is 9.56. The summed E-state index contributed by atoms with van der Waals surface area (Å²) in [6.45, 7) is 2.34. The standard InChI is InChI=1S/C30H35NO3/c1-2-6-28(22-9-11-23(12-10-22)30(34)31-18-17-29(32)33)27-16-15-25-19-24(13-14-26(25)20-27)21-7-4-3-5-8-21/h9-16,19-21,28H,2-8,17-18H2,1H3,(H,31,34)(H,32,33). The van der Waals surface area contributed by atoms with Crippen molar-refractivity contribution in [2.24, 2.45) is 0 Å².